The van der Waals surface area contributed by atoms with E-state index in [4.69, 9.17) is 11.6 Å². The first-order valence-corrected chi connectivity index (χ1v) is 6.89. The third-order valence-electron chi connectivity index (χ3n) is 2.71. The van der Waals surface area contributed by atoms with E-state index in [0.29, 0.717) is 10.7 Å². The number of carbonyl (C=O) groups excluding carboxylic acids is 2. The summed E-state index contributed by atoms with van der Waals surface area (Å²) < 4.78 is 0. The summed E-state index contributed by atoms with van der Waals surface area (Å²) in [7, 11) is 0. The van der Waals surface area contributed by atoms with E-state index >= 15 is 0 Å². The van der Waals surface area contributed by atoms with Crippen LogP contribution >= 0.6 is 11.6 Å². The lowest BCUT2D eigenvalue weighted by Crippen LogP contribution is -2.32. The van der Waals surface area contributed by atoms with Crippen LogP contribution in [0.1, 0.15) is 11.1 Å². The zero-order valence-corrected chi connectivity index (χ0v) is 12.6. The molecule has 0 aliphatic heterocycles. The van der Waals surface area contributed by atoms with Crippen LogP contribution in [0.3, 0.4) is 0 Å². The number of halogens is 1. The molecule has 0 spiro atoms. The number of amides is 2. The van der Waals surface area contributed by atoms with Gasteiger partial charge in [0.15, 0.2) is 0 Å². The van der Waals surface area contributed by atoms with Gasteiger partial charge < -0.3 is 5.32 Å². The van der Waals surface area contributed by atoms with Gasteiger partial charge >= 0.3 is 11.8 Å². The van der Waals surface area contributed by atoms with Gasteiger partial charge in [-0.25, -0.2) is 5.43 Å². The molecule has 0 fully saturated rings. The van der Waals surface area contributed by atoms with Crippen LogP contribution in [-0.2, 0) is 9.59 Å². The summed E-state index contributed by atoms with van der Waals surface area (Å²) in [5, 5.41) is 6.65. The molecule has 6 heteroatoms. The minimum absolute atomic E-state index is 0.440. The van der Waals surface area contributed by atoms with E-state index in [1.807, 2.05) is 31.2 Å². The molecule has 2 aromatic carbocycles. The van der Waals surface area contributed by atoms with Crippen LogP contribution in [-0.4, -0.2) is 18.0 Å². The zero-order chi connectivity index (χ0) is 15.9. The highest BCUT2D eigenvalue weighted by molar-refractivity contribution is 6.39. The Morgan fingerprint density at radius 1 is 1.09 bits per heavy atom. The van der Waals surface area contributed by atoms with E-state index in [-0.39, 0.29) is 0 Å². The second-order valence-electron chi connectivity index (χ2n) is 4.58. The molecule has 2 amide bonds. The maximum absolute atomic E-state index is 11.7. The van der Waals surface area contributed by atoms with Gasteiger partial charge in [0.1, 0.15) is 0 Å². The number of hydrogen-bond acceptors (Lipinski definition) is 3. The van der Waals surface area contributed by atoms with Gasteiger partial charge in [-0.05, 0) is 30.7 Å². The average molecular weight is 316 g/mol. The molecule has 0 atom stereocenters. The minimum atomic E-state index is -0.858. The normalized spacial score (nSPS) is 10.5. The summed E-state index contributed by atoms with van der Waals surface area (Å²) in [6.07, 6.45) is 1.47. The molecule has 0 unspecified atom stereocenters. The number of nitrogens with one attached hydrogen (secondary N) is 2. The van der Waals surface area contributed by atoms with Gasteiger partial charge in [-0.2, -0.15) is 5.10 Å². The van der Waals surface area contributed by atoms with E-state index in [9.17, 15) is 9.59 Å². The van der Waals surface area contributed by atoms with Crippen molar-refractivity contribution in [2.24, 2.45) is 5.10 Å². The standard InChI is InChI=1S/C16H14ClN3O2/c1-11-4-2-5-12(8-11)10-18-20-16(22)15(21)19-14-7-3-6-13(17)9-14/h2-10H,1H3,(H,19,21)(H,20,22)/b18-10-. The summed E-state index contributed by atoms with van der Waals surface area (Å²) in [6, 6.07) is 14.1. The number of aryl methyl sites for hydroxylation is 1. The Morgan fingerprint density at radius 3 is 2.59 bits per heavy atom. The molecule has 2 aromatic rings. The van der Waals surface area contributed by atoms with Crippen LogP contribution in [0.2, 0.25) is 5.02 Å². The number of hydrogen-bond donors (Lipinski definition) is 2. The van der Waals surface area contributed by atoms with Crippen molar-refractivity contribution in [3.05, 3.63) is 64.7 Å². The fraction of sp³-hybridized carbons (Fsp3) is 0.0625. The van der Waals surface area contributed by atoms with Crippen molar-refractivity contribution in [1.29, 1.82) is 0 Å². The number of nitrogens with zero attached hydrogens (tertiary/aromatic N) is 1. The largest absolute Gasteiger partial charge is 0.329 e. The summed E-state index contributed by atoms with van der Waals surface area (Å²) in [4.78, 5) is 23.3. The fourth-order valence-electron chi connectivity index (χ4n) is 1.72. The zero-order valence-electron chi connectivity index (χ0n) is 11.8. The third kappa shape index (κ3) is 4.71. The monoisotopic (exact) mass is 315 g/mol. The molecule has 0 aromatic heterocycles. The Labute approximate surface area is 133 Å². The molecular weight excluding hydrogens is 302 g/mol. The van der Waals surface area contributed by atoms with E-state index < -0.39 is 11.8 Å². The molecule has 2 N–H and O–H groups in total. The molecule has 0 saturated heterocycles. The third-order valence-corrected chi connectivity index (χ3v) is 2.95. The van der Waals surface area contributed by atoms with Crippen LogP contribution in [0.25, 0.3) is 0 Å². The number of anilines is 1. The number of hydrazone groups is 1. The van der Waals surface area contributed by atoms with Crippen molar-refractivity contribution in [3.8, 4) is 0 Å². The van der Waals surface area contributed by atoms with Gasteiger partial charge in [-0.1, -0.05) is 47.5 Å². The maximum atomic E-state index is 11.7. The predicted octanol–water partition coefficient (Wildman–Crippen LogP) is 2.74. The lowest BCUT2D eigenvalue weighted by molar-refractivity contribution is -0.136. The van der Waals surface area contributed by atoms with Crippen molar-refractivity contribution < 1.29 is 9.59 Å². The van der Waals surface area contributed by atoms with Crippen molar-refractivity contribution in [2.75, 3.05) is 5.32 Å². The first-order valence-electron chi connectivity index (χ1n) is 6.51. The molecule has 0 bridgehead atoms. The SMILES string of the molecule is Cc1cccc(/C=N\NC(=O)C(=O)Nc2cccc(Cl)c2)c1. The van der Waals surface area contributed by atoms with Gasteiger partial charge in [-0.15, -0.1) is 0 Å². The molecule has 112 valence electrons. The highest BCUT2D eigenvalue weighted by atomic mass is 35.5. The smallest absolute Gasteiger partial charge is 0.318 e. The van der Waals surface area contributed by atoms with E-state index in [0.717, 1.165) is 11.1 Å². The quantitative estimate of drug-likeness (QED) is 0.519. The minimum Gasteiger partial charge on any atom is -0.318 e. The molecule has 0 aliphatic rings. The van der Waals surface area contributed by atoms with Crippen LogP contribution in [0, 0.1) is 6.92 Å². The van der Waals surface area contributed by atoms with Crippen molar-refractivity contribution >= 4 is 35.3 Å². The summed E-state index contributed by atoms with van der Waals surface area (Å²) in [5.74, 6) is -1.67. The van der Waals surface area contributed by atoms with Gasteiger partial charge in [-0.3, -0.25) is 9.59 Å². The maximum Gasteiger partial charge on any atom is 0.329 e. The molecule has 2 rings (SSSR count). The second kappa shape index (κ2) is 7.38. The van der Waals surface area contributed by atoms with Crippen LogP contribution in [0.5, 0.6) is 0 Å². The molecule has 0 aliphatic carbocycles. The van der Waals surface area contributed by atoms with Crippen LogP contribution in [0.15, 0.2) is 53.6 Å². The van der Waals surface area contributed by atoms with Crippen molar-refractivity contribution in [1.82, 2.24) is 5.43 Å². The average Bonchev–Trinajstić information content (AvgIpc) is 2.47. The molecular formula is C16H14ClN3O2. The lowest BCUT2D eigenvalue weighted by Gasteiger charge is -2.04. The predicted molar refractivity (Wildman–Crippen MR) is 87.0 cm³/mol. The summed E-state index contributed by atoms with van der Waals surface area (Å²) in [6.45, 7) is 1.95. The van der Waals surface area contributed by atoms with Gasteiger partial charge in [0, 0.05) is 10.7 Å². The topological polar surface area (TPSA) is 70.6 Å². The fourth-order valence-corrected chi connectivity index (χ4v) is 1.91. The van der Waals surface area contributed by atoms with Crippen LogP contribution in [0.4, 0.5) is 5.69 Å². The highest BCUT2D eigenvalue weighted by Crippen LogP contribution is 2.14. The molecule has 5 nitrogen and oxygen atoms in total. The number of carbonyl (C=O) groups is 2. The van der Waals surface area contributed by atoms with Gasteiger partial charge in [0.2, 0.25) is 0 Å². The summed E-state index contributed by atoms with van der Waals surface area (Å²) >= 11 is 5.80. The Bertz CT molecular complexity index is 729. The van der Waals surface area contributed by atoms with E-state index in [1.165, 1.54) is 6.21 Å². The van der Waals surface area contributed by atoms with E-state index in [2.05, 4.69) is 15.8 Å². The first-order chi connectivity index (χ1) is 10.5. The Kier molecular flexibility index (Phi) is 5.27. The van der Waals surface area contributed by atoms with E-state index in [1.54, 1.807) is 24.3 Å². The van der Waals surface area contributed by atoms with Crippen molar-refractivity contribution in [2.45, 2.75) is 6.92 Å². The Balaban J connectivity index is 1.90. The Morgan fingerprint density at radius 2 is 1.86 bits per heavy atom. The molecule has 0 heterocycles. The van der Waals surface area contributed by atoms with Crippen LogP contribution < -0.4 is 10.7 Å². The number of rotatable bonds is 3. The highest BCUT2D eigenvalue weighted by Gasteiger charge is 2.12. The van der Waals surface area contributed by atoms with Gasteiger partial charge in [0.05, 0.1) is 6.21 Å². The first kappa shape index (κ1) is 15.7. The summed E-state index contributed by atoms with van der Waals surface area (Å²) in [5.41, 5.74) is 4.52. The lowest BCUT2D eigenvalue weighted by atomic mass is 10.2. The molecule has 0 radical (unpaired) electrons. The second-order valence-corrected chi connectivity index (χ2v) is 5.01. The number of benzene rings is 2. The Hall–Kier alpha value is -2.66. The molecule has 0 saturated carbocycles. The van der Waals surface area contributed by atoms with Crippen molar-refractivity contribution in [3.63, 3.8) is 0 Å². The molecule has 22 heavy (non-hydrogen) atoms. The van der Waals surface area contributed by atoms with Gasteiger partial charge in [0.25, 0.3) is 0 Å².